The molecule has 0 aliphatic carbocycles. The number of likely N-dealkylation sites (N-methyl/N-ethyl adjacent to an activating group) is 2. The molecule has 52 heavy (non-hydrogen) atoms. The van der Waals surface area contributed by atoms with Crippen molar-refractivity contribution in [1.29, 1.82) is 0 Å². The summed E-state index contributed by atoms with van der Waals surface area (Å²) in [7, 11) is 7.12. The van der Waals surface area contributed by atoms with Crippen LogP contribution in [-0.2, 0) is 33.2 Å². The highest BCUT2D eigenvalue weighted by molar-refractivity contribution is 5.73. The molecule has 0 aromatic carbocycles. The summed E-state index contributed by atoms with van der Waals surface area (Å²) in [5.41, 5.74) is -4.37. The minimum absolute atomic E-state index is 0.133. The highest BCUT2D eigenvalue weighted by atomic mass is 16.7. The number of aliphatic hydroxyl groups is 5. The van der Waals surface area contributed by atoms with Crippen molar-refractivity contribution in [2.24, 2.45) is 17.8 Å². The molecule has 3 fully saturated rings. The Morgan fingerprint density at radius 2 is 1.56 bits per heavy atom. The fraction of sp³-hybridized carbons (Fsp3) is 0.974. The van der Waals surface area contributed by atoms with Gasteiger partial charge in [0.1, 0.15) is 30.0 Å². The summed E-state index contributed by atoms with van der Waals surface area (Å²) in [5, 5.41) is 58.1. The lowest BCUT2D eigenvalue weighted by Crippen LogP contribution is -2.60. The third-order valence-corrected chi connectivity index (χ3v) is 12.2. The molecule has 0 amide bonds. The maximum atomic E-state index is 14.2. The second-order valence-electron chi connectivity index (χ2n) is 17.2. The van der Waals surface area contributed by atoms with E-state index in [4.69, 9.17) is 28.4 Å². The molecular weight excluding hydrogens is 676 g/mol. The third-order valence-electron chi connectivity index (χ3n) is 12.2. The van der Waals surface area contributed by atoms with Crippen LogP contribution in [0.15, 0.2) is 0 Å². The molecule has 306 valence electrons. The molecule has 1 unspecified atom stereocenters. The molecule has 0 saturated carbocycles. The van der Waals surface area contributed by atoms with E-state index < -0.39 is 96.0 Å². The smallest absolute Gasteiger partial charge is 0.311 e. The van der Waals surface area contributed by atoms with Crippen molar-refractivity contribution >= 4 is 5.97 Å². The van der Waals surface area contributed by atoms with E-state index in [1.54, 1.807) is 41.5 Å². The lowest BCUT2D eigenvalue weighted by Gasteiger charge is -2.48. The van der Waals surface area contributed by atoms with Crippen LogP contribution in [0.2, 0.25) is 0 Å². The van der Waals surface area contributed by atoms with Gasteiger partial charge in [0.05, 0.1) is 41.5 Å². The van der Waals surface area contributed by atoms with E-state index in [0.29, 0.717) is 13.0 Å². The summed E-state index contributed by atoms with van der Waals surface area (Å²) < 4.78 is 37.5. The second kappa shape index (κ2) is 17.8. The zero-order valence-corrected chi connectivity index (χ0v) is 34.2. The largest absolute Gasteiger partial charge is 0.459 e. The molecule has 14 nitrogen and oxygen atoms in total. The second-order valence-corrected chi connectivity index (χ2v) is 17.2. The SMILES string of the molecule is CC[C@H]1OC(=O)[C@H](C)[C@@H](OC2C[C@@](C)(OC)[C@@H](O)[C@H](C)O2)[C@H](C)[C@@H](O[C@@H]2O[C@H](C)C[C@H](N(C)C)[C@H]2O)[C@@](C)(O)C[C@@H](C)CN(C)[C@H](C)[C@@H](O)[C@]1(C)O. The van der Waals surface area contributed by atoms with Gasteiger partial charge in [-0.25, -0.2) is 0 Å². The van der Waals surface area contributed by atoms with Crippen LogP contribution in [0.5, 0.6) is 0 Å². The average Bonchev–Trinajstić information content (AvgIpc) is 3.05. The molecule has 3 aliphatic rings. The van der Waals surface area contributed by atoms with Crippen LogP contribution in [0.3, 0.4) is 0 Å². The van der Waals surface area contributed by atoms with E-state index in [9.17, 15) is 30.3 Å². The van der Waals surface area contributed by atoms with Crippen LogP contribution in [0.4, 0.5) is 0 Å². The predicted molar refractivity (Wildman–Crippen MR) is 194 cm³/mol. The number of esters is 1. The van der Waals surface area contributed by atoms with Crippen molar-refractivity contribution in [2.75, 3.05) is 34.8 Å². The Balaban J connectivity index is 2.17. The molecule has 3 rings (SSSR count). The molecule has 0 aromatic heterocycles. The van der Waals surface area contributed by atoms with Gasteiger partial charge in [0.25, 0.3) is 0 Å². The van der Waals surface area contributed by atoms with E-state index in [1.807, 2.05) is 51.7 Å². The Bertz CT molecular complexity index is 1140. The van der Waals surface area contributed by atoms with Crippen LogP contribution < -0.4 is 0 Å². The number of hydrogen-bond donors (Lipinski definition) is 5. The summed E-state index contributed by atoms with van der Waals surface area (Å²) >= 11 is 0. The highest BCUT2D eigenvalue weighted by Gasteiger charge is 2.52. The Morgan fingerprint density at radius 3 is 2.12 bits per heavy atom. The Hall–Kier alpha value is -1.01. The van der Waals surface area contributed by atoms with Gasteiger partial charge in [-0.1, -0.05) is 20.8 Å². The summed E-state index contributed by atoms with van der Waals surface area (Å²) in [5.74, 6) is -2.58. The first-order valence-corrected chi connectivity index (χ1v) is 19.1. The van der Waals surface area contributed by atoms with Gasteiger partial charge in [0.2, 0.25) is 0 Å². The Labute approximate surface area is 312 Å². The number of hydrogen-bond acceptors (Lipinski definition) is 14. The van der Waals surface area contributed by atoms with Gasteiger partial charge in [-0.2, -0.15) is 0 Å². The number of ether oxygens (including phenoxy) is 6. The third kappa shape index (κ3) is 10.0. The maximum Gasteiger partial charge on any atom is 0.311 e. The van der Waals surface area contributed by atoms with Crippen molar-refractivity contribution in [3.63, 3.8) is 0 Å². The summed E-state index contributed by atoms with van der Waals surface area (Å²) in [6.07, 6.45) is -8.19. The van der Waals surface area contributed by atoms with Gasteiger partial charge < -0.3 is 63.8 Å². The molecule has 0 aromatic rings. The zero-order valence-electron chi connectivity index (χ0n) is 34.2. The van der Waals surface area contributed by atoms with Crippen LogP contribution in [0, 0.1) is 17.8 Å². The van der Waals surface area contributed by atoms with Crippen molar-refractivity contribution in [3.8, 4) is 0 Å². The van der Waals surface area contributed by atoms with Crippen LogP contribution in [0.1, 0.15) is 94.9 Å². The molecule has 3 saturated heterocycles. The lowest BCUT2D eigenvalue weighted by molar-refractivity contribution is -0.318. The molecule has 3 heterocycles. The van der Waals surface area contributed by atoms with Gasteiger partial charge in [-0.15, -0.1) is 0 Å². The molecule has 18 atom stereocenters. The topological polar surface area (TPSA) is 180 Å². The molecule has 14 heteroatoms. The average molecular weight is 749 g/mol. The first kappa shape index (κ1) is 45.4. The number of nitrogens with zero attached hydrogens (tertiary/aromatic N) is 2. The van der Waals surface area contributed by atoms with E-state index in [1.165, 1.54) is 14.0 Å². The normalized spacial score (nSPS) is 49.6. The van der Waals surface area contributed by atoms with Gasteiger partial charge >= 0.3 is 5.97 Å². The van der Waals surface area contributed by atoms with E-state index in [0.717, 1.165) is 0 Å². The highest BCUT2D eigenvalue weighted by Crippen LogP contribution is 2.40. The first-order valence-electron chi connectivity index (χ1n) is 19.1. The van der Waals surface area contributed by atoms with Crippen LogP contribution in [0.25, 0.3) is 0 Å². The minimum Gasteiger partial charge on any atom is -0.459 e. The Morgan fingerprint density at radius 1 is 0.942 bits per heavy atom. The van der Waals surface area contributed by atoms with Crippen molar-refractivity contribution in [3.05, 3.63) is 0 Å². The van der Waals surface area contributed by atoms with Gasteiger partial charge in [0.15, 0.2) is 12.6 Å². The molecular formula is C38H72N2O12. The van der Waals surface area contributed by atoms with Gasteiger partial charge in [-0.05, 0) is 94.8 Å². The molecule has 0 bridgehead atoms. The summed E-state index contributed by atoms with van der Waals surface area (Å²) in [6.45, 7) is 18.0. The monoisotopic (exact) mass is 749 g/mol. The van der Waals surface area contributed by atoms with E-state index >= 15 is 0 Å². The molecule has 0 radical (unpaired) electrons. The number of aliphatic hydroxyl groups excluding tert-OH is 3. The number of carbonyl (C=O) groups excluding carboxylic acids is 1. The zero-order chi connectivity index (χ0) is 39.7. The fourth-order valence-corrected chi connectivity index (χ4v) is 8.74. The van der Waals surface area contributed by atoms with Gasteiger partial charge in [0, 0.05) is 38.1 Å². The minimum atomic E-state index is -1.80. The van der Waals surface area contributed by atoms with Crippen molar-refractivity contribution < 1.29 is 58.7 Å². The molecule has 5 N–H and O–H groups in total. The van der Waals surface area contributed by atoms with Crippen LogP contribution >= 0.6 is 0 Å². The number of cyclic esters (lactones) is 1. The van der Waals surface area contributed by atoms with E-state index in [-0.39, 0.29) is 37.3 Å². The summed E-state index contributed by atoms with van der Waals surface area (Å²) in [6, 6.07) is -0.808. The number of carbonyl (C=O) groups is 1. The standard InChI is InChI=1S/C38H72N2O12/c1-15-27-38(10,46)31(42)24(6)40(13)19-20(2)17-36(8,45)33(52-35-29(41)26(39(11)12)16-21(3)48-35)22(4)30(23(5)34(44)50-27)51-28-18-37(9,47-14)32(43)25(7)49-28/h20-33,35,41-43,45-46H,15-19H2,1-14H3/t20-,21-,22+,23-,24-,25+,26+,27-,28?,29-,30+,31-,32+,33-,35+,36+,37-,38-/m1/s1. The van der Waals surface area contributed by atoms with Crippen LogP contribution in [-0.4, -0.2) is 166 Å². The van der Waals surface area contributed by atoms with Crippen molar-refractivity contribution in [1.82, 2.24) is 9.80 Å². The predicted octanol–water partition coefficient (Wildman–Crippen LogP) is 1.90. The number of methoxy groups -OCH3 is 1. The van der Waals surface area contributed by atoms with Crippen molar-refractivity contribution in [2.45, 2.75) is 185 Å². The maximum absolute atomic E-state index is 14.2. The number of rotatable bonds is 7. The van der Waals surface area contributed by atoms with Gasteiger partial charge in [-0.3, -0.25) is 4.79 Å². The van der Waals surface area contributed by atoms with E-state index in [2.05, 4.69) is 0 Å². The quantitative estimate of drug-likeness (QED) is 0.238. The molecule has 3 aliphatic heterocycles. The first-order chi connectivity index (χ1) is 23.9. The summed E-state index contributed by atoms with van der Waals surface area (Å²) in [4.78, 5) is 18.0. The fourth-order valence-electron chi connectivity index (χ4n) is 8.74. The molecule has 0 spiro atoms. The Kier molecular flexibility index (Phi) is 15.6. The lowest BCUT2D eigenvalue weighted by atomic mass is 9.77.